The van der Waals surface area contributed by atoms with Gasteiger partial charge in [-0.3, -0.25) is 4.79 Å². The number of carbonyl (C=O) groups is 4. The van der Waals surface area contributed by atoms with Gasteiger partial charge in [-0.25, -0.2) is 14.4 Å². The van der Waals surface area contributed by atoms with E-state index in [1.165, 1.54) is 0 Å². The largest absolute Gasteiger partial charge is 0.481 e. The van der Waals surface area contributed by atoms with Crippen molar-refractivity contribution >= 4 is 23.9 Å². The van der Waals surface area contributed by atoms with Crippen LogP contribution in [0.3, 0.4) is 0 Å². The average molecular weight is 284 g/mol. The molecule has 11 nitrogen and oxygen atoms in total. The zero-order valence-electron chi connectivity index (χ0n) is 9.20. The van der Waals surface area contributed by atoms with Gasteiger partial charge in [0.15, 0.2) is 18.3 Å². The Morgan fingerprint density at radius 3 is 1.11 bits per heavy atom. The molecule has 11 heteroatoms. The Morgan fingerprint density at radius 1 is 0.684 bits per heavy atom. The first-order valence-electron chi connectivity index (χ1n) is 4.45. The van der Waals surface area contributed by atoms with Crippen LogP contribution in [0.4, 0.5) is 0 Å². The monoisotopic (exact) mass is 284 g/mol. The van der Waals surface area contributed by atoms with Gasteiger partial charge in [0.2, 0.25) is 0 Å². The van der Waals surface area contributed by atoms with E-state index in [0.717, 1.165) is 0 Å². The van der Waals surface area contributed by atoms with Crippen molar-refractivity contribution in [3.8, 4) is 0 Å². The van der Waals surface area contributed by atoms with E-state index in [1.807, 2.05) is 0 Å². The molecule has 0 aromatic heterocycles. The van der Waals surface area contributed by atoms with Gasteiger partial charge in [0.1, 0.15) is 0 Å². The lowest BCUT2D eigenvalue weighted by molar-refractivity contribution is -0.165. The molecule has 3 atom stereocenters. The first-order valence-corrected chi connectivity index (χ1v) is 4.45. The van der Waals surface area contributed by atoms with E-state index in [4.69, 9.17) is 35.7 Å². The minimum absolute atomic E-state index is 0.755. The zero-order valence-corrected chi connectivity index (χ0v) is 9.20. The van der Waals surface area contributed by atoms with E-state index in [2.05, 4.69) is 0 Å². The van der Waals surface area contributed by atoms with Crippen LogP contribution >= 0.6 is 0 Å². The van der Waals surface area contributed by atoms with Crippen molar-refractivity contribution in [3.63, 3.8) is 0 Å². The van der Waals surface area contributed by atoms with Crippen molar-refractivity contribution in [3.05, 3.63) is 0 Å². The van der Waals surface area contributed by atoms with Gasteiger partial charge < -0.3 is 35.7 Å². The summed E-state index contributed by atoms with van der Waals surface area (Å²) in [4.78, 5) is 39.0. The summed E-state index contributed by atoms with van der Waals surface area (Å²) in [6.45, 7) is 0. The fourth-order valence-electron chi connectivity index (χ4n) is 0.523. The van der Waals surface area contributed by atoms with Gasteiger partial charge in [0, 0.05) is 0 Å². The molecule has 0 heterocycles. The molecule has 0 rings (SSSR count). The van der Waals surface area contributed by atoms with E-state index in [-0.39, 0.29) is 0 Å². The molecule has 0 unspecified atom stereocenters. The normalized spacial score (nSPS) is 14.3. The minimum atomic E-state index is -2.27. The molecule has 0 aromatic carbocycles. The molecule has 0 bridgehead atoms. The van der Waals surface area contributed by atoms with Crippen molar-refractivity contribution in [1.82, 2.24) is 0 Å². The molecule has 0 aliphatic rings. The molecular weight excluding hydrogens is 272 g/mol. The maximum Gasteiger partial charge on any atom is 0.335 e. The van der Waals surface area contributed by atoms with Crippen LogP contribution in [-0.4, -0.2) is 77.9 Å². The van der Waals surface area contributed by atoms with E-state index in [0.29, 0.717) is 0 Å². The second-order valence-electron chi connectivity index (χ2n) is 3.02. The van der Waals surface area contributed by atoms with Crippen molar-refractivity contribution in [2.24, 2.45) is 0 Å². The summed E-state index contributed by atoms with van der Waals surface area (Å²) in [5.74, 6) is -6.38. The Hall–Kier alpha value is -2.24. The van der Waals surface area contributed by atoms with Crippen molar-refractivity contribution in [2.45, 2.75) is 24.7 Å². The van der Waals surface area contributed by atoms with E-state index in [9.17, 15) is 19.2 Å². The SMILES string of the molecule is O=C(O)C[C@H](O)C(=O)O.O=C(O)[C@H](O)[C@@H](O)C(=O)O. The predicted octanol–water partition coefficient (Wildman–Crippen LogP) is -3.22. The van der Waals surface area contributed by atoms with Crippen LogP contribution in [0.5, 0.6) is 0 Å². The number of aliphatic hydroxyl groups is 3. The Bertz CT molecular complexity index is 331. The van der Waals surface area contributed by atoms with Crippen LogP contribution in [-0.2, 0) is 19.2 Å². The van der Waals surface area contributed by atoms with E-state index < -0.39 is 48.6 Å². The Balaban J connectivity index is 0. The summed E-state index contributed by atoms with van der Waals surface area (Å²) >= 11 is 0. The molecule has 0 aliphatic heterocycles. The van der Waals surface area contributed by atoms with Crippen LogP contribution in [0.1, 0.15) is 6.42 Å². The number of rotatable bonds is 6. The zero-order chi connectivity index (χ0) is 15.7. The molecule has 0 aliphatic carbocycles. The number of aliphatic carboxylic acids is 4. The summed E-state index contributed by atoms with van der Waals surface area (Å²) in [5, 5.41) is 56.7. The van der Waals surface area contributed by atoms with Gasteiger partial charge >= 0.3 is 23.9 Å². The molecule has 19 heavy (non-hydrogen) atoms. The topological polar surface area (TPSA) is 210 Å². The lowest BCUT2D eigenvalue weighted by Gasteiger charge is -2.07. The van der Waals surface area contributed by atoms with Crippen molar-refractivity contribution in [2.75, 3.05) is 0 Å². The van der Waals surface area contributed by atoms with Gasteiger partial charge in [-0.1, -0.05) is 0 Å². The van der Waals surface area contributed by atoms with Gasteiger partial charge in [0.05, 0.1) is 6.42 Å². The summed E-state index contributed by atoms with van der Waals surface area (Å²) in [5.41, 5.74) is 0. The summed E-state index contributed by atoms with van der Waals surface area (Å²) < 4.78 is 0. The highest BCUT2D eigenvalue weighted by Gasteiger charge is 2.29. The quantitative estimate of drug-likeness (QED) is 0.258. The lowest BCUT2D eigenvalue weighted by atomic mass is 10.2. The molecule has 110 valence electrons. The van der Waals surface area contributed by atoms with E-state index in [1.54, 1.807) is 0 Å². The van der Waals surface area contributed by atoms with Crippen LogP contribution in [0.15, 0.2) is 0 Å². The highest BCUT2D eigenvalue weighted by atomic mass is 16.4. The second-order valence-corrected chi connectivity index (χ2v) is 3.02. The Morgan fingerprint density at radius 2 is 1.00 bits per heavy atom. The number of hydrogen-bond donors (Lipinski definition) is 7. The molecule has 0 fully saturated rings. The minimum Gasteiger partial charge on any atom is -0.481 e. The second kappa shape index (κ2) is 8.79. The summed E-state index contributed by atoms with van der Waals surface area (Å²) in [7, 11) is 0. The molecule has 0 radical (unpaired) electrons. The maximum absolute atomic E-state index is 9.77. The first kappa shape index (κ1) is 19.1. The van der Waals surface area contributed by atoms with Gasteiger partial charge in [0.25, 0.3) is 0 Å². The van der Waals surface area contributed by atoms with Crippen LogP contribution in [0.25, 0.3) is 0 Å². The number of carboxylic acid groups (broad SMARTS) is 4. The first-order chi connectivity index (χ1) is 8.50. The molecule has 0 saturated carbocycles. The molecule has 0 saturated heterocycles. The van der Waals surface area contributed by atoms with Gasteiger partial charge in [-0.15, -0.1) is 0 Å². The van der Waals surface area contributed by atoms with Gasteiger partial charge in [-0.2, -0.15) is 0 Å². The molecule has 0 amide bonds. The van der Waals surface area contributed by atoms with Crippen molar-refractivity contribution in [1.29, 1.82) is 0 Å². The highest BCUT2D eigenvalue weighted by Crippen LogP contribution is 1.92. The van der Waals surface area contributed by atoms with Crippen molar-refractivity contribution < 1.29 is 54.9 Å². The number of aliphatic hydroxyl groups excluding tert-OH is 3. The molecule has 0 spiro atoms. The Kier molecular flexibility index (Phi) is 8.84. The fraction of sp³-hybridized carbons (Fsp3) is 0.500. The van der Waals surface area contributed by atoms with E-state index >= 15 is 0 Å². The predicted molar refractivity (Wildman–Crippen MR) is 53.2 cm³/mol. The molecule has 7 N–H and O–H groups in total. The highest BCUT2D eigenvalue weighted by molar-refractivity contribution is 5.83. The Labute approximate surface area is 105 Å². The standard InChI is InChI=1S/C4H6O6.C4H6O5/c5-1(3(7)8)2(6)4(9)10;5-2(4(8)9)1-3(6)7/h1-2,5-6H,(H,7,8)(H,9,10);2,5H,1H2,(H,6,7)(H,8,9)/t1-,2-;2-/m10/s1. The maximum atomic E-state index is 9.77. The third-order valence-electron chi connectivity index (χ3n) is 1.46. The molecule has 0 aromatic rings. The molecular formula is C8H12O11. The fourth-order valence-corrected chi connectivity index (χ4v) is 0.523. The van der Waals surface area contributed by atoms with Crippen LogP contribution < -0.4 is 0 Å². The van der Waals surface area contributed by atoms with Crippen LogP contribution in [0.2, 0.25) is 0 Å². The summed E-state index contributed by atoms with van der Waals surface area (Å²) in [6.07, 6.45) is -7.08. The number of carboxylic acids is 4. The van der Waals surface area contributed by atoms with Crippen LogP contribution in [0, 0.1) is 0 Å². The lowest BCUT2D eigenvalue weighted by Crippen LogP contribution is -2.39. The summed E-state index contributed by atoms with van der Waals surface area (Å²) in [6, 6.07) is 0. The average Bonchev–Trinajstić information content (AvgIpc) is 2.26. The smallest absolute Gasteiger partial charge is 0.335 e. The van der Waals surface area contributed by atoms with Gasteiger partial charge in [-0.05, 0) is 0 Å². The number of hydrogen-bond acceptors (Lipinski definition) is 7. The third-order valence-corrected chi connectivity index (χ3v) is 1.46. The third kappa shape index (κ3) is 9.46.